The number of hydrogen-bond donors (Lipinski definition) is 2. The van der Waals surface area contributed by atoms with Crippen LogP contribution < -0.4 is 4.74 Å². The molecule has 0 unspecified atom stereocenters. The van der Waals surface area contributed by atoms with Crippen molar-refractivity contribution in [3.63, 3.8) is 0 Å². The van der Waals surface area contributed by atoms with Gasteiger partial charge < -0.3 is 14.8 Å². The number of H-pyrrole nitrogens is 1. The van der Waals surface area contributed by atoms with Gasteiger partial charge in [-0.1, -0.05) is 48.5 Å². The predicted molar refractivity (Wildman–Crippen MR) is 103 cm³/mol. The Hall–Kier alpha value is -3.27. The van der Waals surface area contributed by atoms with Crippen molar-refractivity contribution in [2.45, 2.75) is 12.8 Å². The lowest BCUT2D eigenvalue weighted by atomic mass is 10.1. The number of ether oxygens (including phenoxy) is 1. The van der Waals surface area contributed by atoms with Crippen LogP contribution in [0.4, 0.5) is 0 Å². The van der Waals surface area contributed by atoms with Crippen LogP contribution in [0.2, 0.25) is 0 Å². The topological polar surface area (TPSA) is 58.1 Å². The fraction of sp³-hybridized carbons (Fsp3) is 0.136. The molecular weight excluding hydrogens is 324 g/mol. The highest BCUT2D eigenvalue weighted by Gasteiger charge is 2.09. The third-order valence-electron chi connectivity index (χ3n) is 4.32. The Morgan fingerprint density at radius 1 is 0.846 bits per heavy atom. The molecule has 0 bridgehead atoms. The third-order valence-corrected chi connectivity index (χ3v) is 4.32. The van der Waals surface area contributed by atoms with Crippen LogP contribution >= 0.6 is 0 Å². The van der Waals surface area contributed by atoms with Crippen LogP contribution in [0.25, 0.3) is 11.0 Å². The van der Waals surface area contributed by atoms with Gasteiger partial charge in [0.1, 0.15) is 22.8 Å². The van der Waals surface area contributed by atoms with Crippen molar-refractivity contribution in [1.29, 1.82) is 0 Å². The summed E-state index contributed by atoms with van der Waals surface area (Å²) in [5, 5.41) is 9.40. The number of phenolic OH excluding ortho intramolecular Hbond substituents is 1. The minimum atomic E-state index is 0.271. The summed E-state index contributed by atoms with van der Waals surface area (Å²) in [6.45, 7) is 0.614. The second-order valence-corrected chi connectivity index (χ2v) is 6.26. The second-order valence-electron chi connectivity index (χ2n) is 6.26. The maximum absolute atomic E-state index is 9.40. The first-order valence-electron chi connectivity index (χ1n) is 8.70. The van der Waals surface area contributed by atoms with Gasteiger partial charge in [0.2, 0.25) is 0 Å². The number of imidazole rings is 1. The average Bonchev–Trinajstić information content (AvgIpc) is 3.08. The number of aromatic hydroxyl groups is 1. The molecule has 1 aromatic heterocycles. The average molecular weight is 344 g/mol. The molecule has 4 rings (SSSR count). The van der Waals surface area contributed by atoms with Crippen LogP contribution in [-0.4, -0.2) is 21.7 Å². The molecule has 0 aliphatic rings. The zero-order valence-electron chi connectivity index (χ0n) is 14.4. The van der Waals surface area contributed by atoms with Crippen LogP contribution in [0.1, 0.15) is 17.0 Å². The smallest absolute Gasteiger partial charge is 0.147 e. The molecule has 2 N–H and O–H groups in total. The van der Waals surface area contributed by atoms with E-state index < -0.39 is 0 Å². The van der Waals surface area contributed by atoms with E-state index >= 15 is 0 Å². The lowest BCUT2D eigenvalue weighted by molar-refractivity contribution is 0.325. The summed E-state index contributed by atoms with van der Waals surface area (Å²) in [5.74, 6) is 1.95. The first-order chi connectivity index (χ1) is 12.8. The van der Waals surface area contributed by atoms with Crippen molar-refractivity contribution in [1.82, 2.24) is 9.97 Å². The van der Waals surface area contributed by atoms with Crippen LogP contribution in [0.3, 0.4) is 0 Å². The normalized spacial score (nSPS) is 10.9. The van der Waals surface area contributed by atoms with Crippen LogP contribution in [-0.2, 0) is 12.8 Å². The molecule has 0 aliphatic heterocycles. The van der Waals surface area contributed by atoms with Crippen molar-refractivity contribution in [3.8, 4) is 11.5 Å². The van der Waals surface area contributed by atoms with E-state index in [9.17, 15) is 5.11 Å². The molecular formula is C22H20N2O2. The largest absolute Gasteiger partial charge is 0.508 e. The second kappa shape index (κ2) is 7.31. The van der Waals surface area contributed by atoms with Gasteiger partial charge in [0.25, 0.3) is 0 Å². The highest BCUT2D eigenvalue weighted by Crippen LogP contribution is 2.24. The van der Waals surface area contributed by atoms with Crippen molar-refractivity contribution in [3.05, 3.63) is 89.7 Å². The summed E-state index contributed by atoms with van der Waals surface area (Å²) in [4.78, 5) is 8.07. The van der Waals surface area contributed by atoms with Crippen molar-refractivity contribution in [2.24, 2.45) is 0 Å². The molecule has 0 saturated carbocycles. The SMILES string of the molecule is Oc1ccc(Cc2nc3c(OCCc4ccccc4)cccc3[nH]2)cc1. The summed E-state index contributed by atoms with van der Waals surface area (Å²) in [6.07, 6.45) is 1.54. The number of rotatable bonds is 6. The summed E-state index contributed by atoms with van der Waals surface area (Å²) < 4.78 is 5.99. The van der Waals surface area contributed by atoms with Gasteiger partial charge in [-0.15, -0.1) is 0 Å². The Kier molecular flexibility index (Phi) is 4.56. The summed E-state index contributed by atoms with van der Waals surface area (Å²) in [5.41, 5.74) is 4.17. The number of phenols is 1. The van der Waals surface area contributed by atoms with Crippen LogP contribution in [0.15, 0.2) is 72.8 Å². The minimum absolute atomic E-state index is 0.271. The van der Waals surface area contributed by atoms with E-state index in [1.54, 1.807) is 12.1 Å². The van der Waals surface area contributed by atoms with Crippen molar-refractivity contribution in [2.75, 3.05) is 6.61 Å². The molecule has 0 saturated heterocycles. The number of aromatic amines is 1. The fourth-order valence-electron chi connectivity index (χ4n) is 2.99. The quantitative estimate of drug-likeness (QED) is 0.542. The van der Waals surface area contributed by atoms with Gasteiger partial charge in [0, 0.05) is 12.8 Å². The molecule has 0 aliphatic carbocycles. The molecule has 4 aromatic rings. The number of para-hydroxylation sites is 1. The number of fused-ring (bicyclic) bond motifs is 1. The summed E-state index contributed by atoms with van der Waals surface area (Å²) in [7, 11) is 0. The van der Waals surface area contributed by atoms with Gasteiger partial charge in [0.05, 0.1) is 12.1 Å². The van der Waals surface area contributed by atoms with E-state index in [4.69, 9.17) is 9.72 Å². The van der Waals surface area contributed by atoms with Crippen molar-refractivity contribution >= 4 is 11.0 Å². The molecule has 0 radical (unpaired) electrons. The number of nitrogens with one attached hydrogen (secondary N) is 1. The minimum Gasteiger partial charge on any atom is -0.508 e. The maximum Gasteiger partial charge on any atom is 0.147 e. The van der Waals surface area contributed by atoms with E-state index in [0.29, 0.717) is 13.0 Å². The first-order valence-corrected chi connectivity index (χ1v) is 8.70. The van der Waals surface area contributed by atoms with E-state index in [2.05, 4.69) is 17.1 Å². The first kappa shape index (κ1) is 16.2. The number of benzene rings is 3. The Morgan fingerprint density at radius 2 is 1.65 bits per heavy atom. The van der Waals surface area contributed by atoms with Gasteiger partial charge in [-0.25, -0.2) is 4.98 Å². The van der Waals surface area contributed by atoms with E-state index in [-0.39, 0.29) is 5.75 Å². The Labute approximate surface area is 152 Å². The van der Waals surface area contributed by atoms with Gasteiger partial charge in [0.15, 0.2) is 0 Å². The zero-order valence-corrected chi connectivity index (χ0v) is 14.4. The lowest BCUT2D eigenvalue weighted by Gasteiger charge is -2.06. The van der Waals surface area contributed by atoms with Gasteiger partial charge in [-0.05, 0) is 35.4 Å². The molecule has 1 heterocycles. The van der Waals surface area contributed by atoms with E-state index in [1.165, 1.54) is 5.56 Å². The lowest BCUT2D eigenvalue weighted by Crippen LogP contribution is -2.01. The molecule has 0 fully saturated rings. The Balaban J connectivity index is 1.49. The summed E-state index contributed by atoms with van der Waals surface area (Å²) in [6, 6.07) is 23.4. The van der Waals surface area contributed by atoms with Crippen LogP contribution in [0, 0.1) is 0 Å². The maximum atomic E-state index is 9.40. The number of nitrogens with zero attached hydrogens (tertiary/aromatic N) is 1. The fourth-order valence-corrected chi connectivity index (χ4v) is 2.99. The highest BCUT2D eigenvalue weighted by atomic mass is 16.5. The predicted octanol–water partition coefficient (Wildman–Crippen LogP) is 4.48. The molecule has 26 heavy (non-hydrogen) atoms. The van der Waals surface area contributed by atoms with Gasteiger partial charge in [-0.2, -0.15) is 0 Å². The molecule has 0 atom stereocenters. The van der Waals surface area contributed by atoms with Gasteiger partial charge in [-0.3, -0.25) is 0 Å². The van der Waals surface area contributed by atoms with E-state index in [0.717, 1.165) is 34.6 Å². The summed E-state index contributed by atoms with van der Waals surface area (Å²) >= 11 is 0. The molecule has 130 valence electrons. The molecule has 3 aromatic carbocycles. The Morgan fingerprint density at radius 3 is 2.46 bits per heavy atom. The molecule has 4 nitrogen and oxygen atoms in total. The number of aromatic nitrogens is 2. The van der Waals surface area contributed by atoms with Gasteiger partial charge >= 0.3 is 0 Å². The van der Waals surface area contributed by atoms with Crippen molar-refractivity contribution < 1.29 is 9.84 Å². The molecule has 0 spiro atoms. The molecule has 4 heteroatoms. The monoisotopic (exact) mass is 344 g/mol. The van der Waals surface area contributed by atoms with E-state index in [1.807, 2.05) is 48.5 Å². The van der Waals surface area contributed by atoms with Crippen LogP contribution in [0.5, 0.6) is 11.5 Å². The number of hydrogen-bond acceptors (Lipinski definition) is 3. The zero-order chi connectivity index (χ0) is 17.8. The standard InChI is InChI=1S/C22H20N2O2/c25-18-11-9-17(10-12-18)15-21-23-19-7-4-8-20(22(19)24-21)26-14-13-16-5-2-1-3-6-16/h1-12,25H,13-15H2,(H,23,24). The molecule has 0 amide bonds. The Bertz CT molecular complexity index is 992. The third kappa shape index (κ3) is 3.70. The highest BCUT2D eigenvalue weighted by molar-refractivity contribution is 5.81.